The van der Waals surface area contributed by atoms with E-state index in [9.17, 15) is 26.0 Å². The van der Waals surface area contributed by atoms with Crippen molar-refractivity contribution in [2.45, 2.75) is 30.1 Å². The average Bonchev–Trinajstić information content (AvgIpc) is 3.55. The van der Waals surface area contributed by atoms with E-state index in [4.69, 9.17) is 4.42 Å². The normalized spacial score (nSPS) is 15.2. The molecule has 0 saturated carbocycles. The Kier molecular flexibility index (Phi) is 7.06. The molecule has 0 unspecified atom stereocenters. The molecule has 3 aromatic heterocycles. The van der Waals surface area contributed by atoms with Crippen LogP contribution in [0.2, 0.25) is 0 Å². The monoisotopic (exact) mass is 602 g/mol. The Hall–Kier alpha value is -4.50. The van der Waals surface area contributed by atoms with Crippen LogP contribution >= 0.6 is 0 Å². The Morgan fingerprint density at radius 1 is 1.02 bits per heavy atom. The second-order valence-electron chi connectivity index (χ2n) is 9.48. The van der Waals surface area contributed by atoms with Crippen molar-refractivity contribution < 1.29 is 35.1 Å². The summed E-state index contributed by atoms with van der Waals surface area (Å²) < 4.78 is 89.8. The molecule has 1 saturated heterocycles. The topological polar surface area (TPSA) is 115 Å². The van der Waals surface area contributed by atoms with Gasteiger partial charge in [0.15, 0.2) is 0 Å². The van der Waals surface area contributed by atoms with Gasteiger partial charge in [-0.05, 0) is 55.3 Å². The van der Waals surface area contributed by atoms with Crippen molar-refractivity contribution in [2.24, 2.45) is 0 Å². The summed E-state index contributed by atoms with van der Waals surface area (Å²) in [6, 6.07) is 11.8. The highest BCUT2D eigenvalue weighted by Gasteiger charge is 2.33. The van der Waals surface area contributed by atoms with Crippen molar-refractivity contribution in [3.8, 4) is 28.4 Å². The van der Waals surface area contributed by atoms with Crippen molar-refractivity contribution in [2.75, 3.05) is 18.4 Å². The molecule has 0 radical (unpaired) electrons. The van der Waals surface area contributed by atoms with Crippen molar-refractivity contribution in [3.63, 3.8) is 0 Å². The molecule has 15 heteroatoms. The molecule has 1 aliphatic heterocycles. The fourth-order valence-corrected chi connectivity index (χ4v) is 6.31. The molecule has 1 aliphatic rings. The molecule has 0 bridgehead atoms. The number of imidazole rings is 1. The van der Waals surface area contributed by atoms with Crippen LogP contribution in [0.5, 0.6) is 5.75 Å². The molecule has 0 amide bonds. The molecule has 1 N–H and O–H groups in total. The first-order chi connectivity index (χ1) is 20.1. The highest BCUT2D eigenvalue weighted by atomic mass is 32.2. The maximum atomic E-state index is 13.5. The number of piperidine rings is 1. The molecule has 10 nitrogen and oxygen atoms in total. The molecule has 6 rings (SSSR count). The number of fused-ring (bicyclic) bond motifs is 1. The molecule has 0 spiro atoms. The molecule has 1 fully saturated rings. The average molecular weight is 603 g/mol. The predicted molar refractivity (Wildman–Crippen MR) is 142 cm³/mol. The van der Waals surface area contributed by atoms with Crippen LogP contribution in [0, 0.1) is 5.82 Å². The van der Waals surface area contributed by atoms with E-state index in [-0.39, 0.29) is 29.8 Å². The summed E-state index contributed by atoms with van der Waals surface area (Å²) in [5, 5.41) is 3.25. The van der Waals surface area contributed by atoms with Gasteiger partial charge in [0.05, 0.1) is 10.6 Å². The highest BCUT2D eigenvalue weighted by Crippen LogP contribution is 2.33. The van der Waals surface area contributed by atoms with Crippen LogP contribution in [0.25, 0.3) is 28.5 Å². The summed E-state index contributed by atoms with van der Waals surface area (Å²) in [5.74, 6) is -0.332. The SMILES string of the molecule is O=S(=O)(c1cccc(OC(F)(F)F)c1)N1CCC(Nc2nccc(-c3c(-c4ccc(F)cc4)nc4occn34)n2)CC1. The number of benzene rings is 2. The largest absolute Gasteiger partial charge is 0.573 e. The van der Waals surface area contributed by atoms with E-state index in [0.29, 0.717) is 47.3 Å². The van der Waals surface area contributed by atoms with Gasteiger partial charge in [0, 0.05) is 43.2 Å². The Bertz CT molecular complexity index is 1830. The van der Waals surface area contributed by atoms with E-state index in [1.54, 1.807) is 35.0 Å². The maximum absolute atomic E-state index is 13.5. The van der Waals surface area contributed by atoms with Gasteiger partial charge in [-0.25, -0.2) is 22.8 Å². The lowest BCUT2D eigenvalue weighted by atomic mass is 10.1. The number of anilines is 1. The molecule has 4 heterocycles. The van der Waals surface area contributed by atoms with E-state index in [1.165, 1.54) is 34.8 Å². The van der Waals surface area contributed by atoms with Gasteiger partial charge in [-0.15, -0.1) is 13.2 Å². The molecule has 218 valence electrons. The van der Waals surface area contributed by atoms with Crippen molar-refractivity contribution in [1.29, 1.82) is 0 Å². The summed E-state index contributed by atoms with van der Waals surface area (Å²) in [5.41, 5.74) is 2.36. The maximum Gasteiger partial charge on any atom is 0.573 e. The van der Waals surface area contributed by atoms with Crippen LogP contribution in [0.3, 0.4) is 0 Å². The van der Waals surface area contributed by atoms with E-state index >= 15 is 0 Å². The van der Waals surface area contributed by atoms with Gasteiger partial charge >= 0.3 is 12.2 Å². The number of sulfonamides is 1. The van der Waals surface area contributed by atoms with Crippen LogP contribution in [-0.4, -0.2) is 57.6 Å². The number of oxazole rings is 1. The van der Waals surface area contributed by atoms with Crippen LogP contribution < -0.4 is 10.1 Å². The third-order valence-corrected chi connectivity index (χ3v) is 8.64. The number of rotatable bonds is 7. The van der Waals surface area contributed by atoms with Crippen molar-refractivity contribution >= 4 is 21.8 Å². The van der Waals surface area contributed by atoms with E-state index in [2.05, 4.69) is 25.0 Å². The standard InChI is InChI=1S/C27H22F4N6O4S/c28-18-6-4-17(5-7-18)23-24(37-14-15-40-26(37)35-23)22-8-11-32-25(34-22)33-19-9-12-36(13-10-19)42(38,39)21-3-1-2-20(16-21)41-27(29,30)31/h1-8,11,14-16,19H,9-10,12-13H2,(H,32,33,34). The summed E-state index contributed by atoms with van der Waals surface area (Å²) in [6.07, 6.45) is 0.643. The number of nitrogens with zero attached hydrogens (tertiary/aromatic N) is 5. The summed E-state index contributed by atoms with van der Waals surface area (Å²) in [7, 11) is -4.04. The van der Waals surface area contributed by atoms with Crippen molar-refractivity contribution in [3.05, 3.63) is 79.1 Å². The quantitative estimate of drug-likeness (QED) is 0.248. The Labute approximate surface area is 236 Å². The third kappa shape index (κ3) is 5.65. The second kappa shape index (κ2) is 10.7. The smallest absolute Gasteiger partial charge is 0.432 e. The lowest BCUT2D eigenvalue weighted by Gasteiger charge is -2.31. The minimum atomic E-state index is -4.93. The summed E-state index contributed by atoms with van der Waals surface area (Å²) in [4.78, 5) is 13.2. The minimum absolute atomic E-state index is 0.136. The second-order valence-corrected chi connectivity index (χ2v) is 11.4. The first-order valence-electron chi connectivity index (χ1n) is 12.7. The summed E-state index contributed by atoms with van der Waals surface area (Å²) in [6.45, 7) is 0.272. The van der Waals surface area contributed by atoms with Crippen molar-refractivity contribution in [1.82, 2.24) is 23.7 Å². The third-order valence-electron chi connectivity index (χ3n) is 6.74. The molecule has 0 aliphatic carbocycles. The molecular formula is C27H22F4N6O4S. The number of aromatic nitrogens is 4. The van der Waals surface area contributed by atoms with E-state index in [1.807, 2.05) is 0 Å². The molecule has 2 aromatic carbocycles. The fraction of sp³-hybridized carbons (Fsp3) is 0.222. The van der Waals surface area contributed by atoms with Gasteiger partial charge in [0.25, 0.3) is 0 Å². The lowest BCUT2D eigenvalue weighted by molar-refractivity contribution is -0.274. The Balaban J connectivity index is 1.17. The van der Waals surface area contributed by atoms with Crippen LogP contribution in [0.15, 0.2) is 82.6 Å². The number of hydrogen-bond acceptors (Lipinski definition) is 8. The number of alkyl halides is 3. The zero-order valence-corrected chi connectivity index (χ0v) is 22.4. The Morgan fingerprint density at radius 2 is 1.79 bits per heavy atom. The number of ether oxygens (including phenoxy) is 1. The number of nitrogens with one attached hydrogen (secondary N) is 1. The zero-order valence-electron chi connectivity index (χ0n) is 21.6. The first kappa shape index (κ1) is 27.7. The van der Waals surface area contributed by atoms with E-state index in [0.717, 1.165) is 12.1 Å². The summed E-state index contributed by atoms with van der Waals surface area (Å²) >= 11 is 0. The van der Waals surface area contributed by atoms with Gasteiger partial charge in [0.1, 0.15) is 29.2 Å². The van der Waals surface area contributed by atoms with Gasteiger partial charge in [-0.3, -0.25) is 4.40 Å². The molecule has 42 heavy (non-hydrogen) atoms. The van der Waals surface area contributed by atoms with E-state index < -0.39 is 22.1 Å². The van der Waals surface area contributed by atoms with Gasteiger partial charge in [-0.1, -0.05) is 6.07 Å². The molecule has 5 aromatic rings. The highest BCUT2D eigenvalue weighted by molar-refractivity contribution is 7.89. The first-order valence-corrected chi connectivity index (χ1v) is 14.2. The molecule has 0 atom stereocenters. The Morgan fingerprint density at radius 3 is 2.52 bits per heavy atom. The van der Waals surface area contributed by atoms with Gasteiger partial charge < -0.3 is 14.5 Å². The zero-order chi connectivity index (χ0) is 29.5. The lowest BCUT2D eigenvalue weighted by Crippen LogP contribution is -2.42. The van der Waals surface area contributed by atoms with Crippen LogP contribution in [0.1, 0.15) is 12.8 Å². The minimum Gasteiger partial charge on any atom is -0.432 e. The fourth-order valence-electron chi connectivity index (χ4n) is 4.80. The predicted octanol–water partition coefficient (Wildman–Crippen LogP) is 5.35. The van der Waals surface area contributed by atoms with Gasteiger partial charge in [-0.2, -0.15) is 9.29 Å². The number of halogens is 4. The number of hydrogen-bond donors (Lipinski definition) is 1. The molecular weight excluding hydrogens is 580 g/mol. The van der Waals surface area contributed by atoms with Gasteiger partial charge in [0.2, 0.25) is 16.0 Å². The van der Waals surface area contributed by atoms with Crippen LogP contribution in [0.4, 0.5) is 23.5 Å². The van der Waals surface area contributed by atoms with Crippen LogP contribution in [-0.2, 0) is 10.0 Å².